The maximum Gasteiger partial charge on any atom is 0.326 e. The van der Waals surface area contributed by atoms with Crippen LogP contribution in [0, 0.1) is 11.8 Å². The number of carboxylic acids is 1. The SMILES string of the molecule is CC[C@H](C)[C@H](NC(=O)C1CCC(F)(F)CC1)C(=O)O. The normalized spacial score (nSPS) is 22.5. The van der Waals surface area contributed by atoms with Crippen LogP contribution in [0.15, 0.2) is 0 Å². The molecule has 0 spiro atoms. The molecule has 0 saturated heterocycles. The second kappa shape index (κ2) is 6.30. The molecule has 6 heteroatoms. The van der Waals surface area contributed by atoms with Gasteiger partial charge in [-0.2, -0.15) is 0 Å². The minimum Gasteiger partial charge on any atom is -0.480 e. The molecule has 1 saturated carbocycles. The number of halogens is 2. The summed E-state index contributed by atoms with van der Waals surface area (Å²) in [6.07, 6.45) is 0.260. The van der Waals surface area contributed by atoms with Crippen LogP contribution in [0.25, 0.3) is 0 Å². The van der Waals surface area contributed by atoms with Crippen molar-refractivity contribution in [1.82, 2.24) is 5.32 Å². The molecule has 0 aliphatic heterocycles. The van der Waals surface area contributed by atoms with Crippen LogP contribution < -0.4 is 5.32 Å². The van der Waals surface area contributed by atoms with E-state index in [1.165, 1.54) is 0 Å². The average Bonchev–Trinajstić information content (AvgIpc) is 2.34. The third-order valence-corrected chi connectivity index (χ3v) is 3.86. The summed E-state index contributed by atoms with van der Waals surface area (Å²) >= 11 is 0. The molecule has 4 nitrogen and oxygen atoms in total. The molecule has 1 amide bonds. The predicted octanol–water partition coefficient (Wildman–Crippen LogP) is 2.43. The van der Waals surface area contributed by atoms with Crippen molar-refractivity contribution in [2.45, 2.75) is 57.9 Å². The molecule has 19 heavy (non-hydrogen) atoms. The number of carbonyl (C=O) groups is 2. The Labute approximate surface area is 111 Å². The molecule has 110 valence electrons. The highest BCUT2D eigenvalue weighted by molar-refractivity contribution is 5.85. The highest BCUT2D eigenvalue weighted by Gasteiger charge is 2.38. The maximum absolute atomic E-state index is 13.0. The molecule has 1 aliphatic carbocycles. The molecule has 2 N–H and O–H groups in total. The number of amides is 1. The van der Waals surface area contributed by atoms with E-state index in [1.54, 1.807) is 6.92 Å². The number of nitrogens with one attached hydrogen (secondary N) is 1. The van der Waals surface area contributed by atoms with Crippen molar-refractivity contribution in [3.8, 4) is 0 Å². The van der Waals surface area contributed by atoms with Crippen LogP contribution in [0.5, 0.6) is 0 Å². The van der Waals surface area contributed by atoms with Gasteiger partial charge in [0.15, 0.2) is 0 Å². The number of hydrogen-bond acceptors (Lipinski definition) is 2. The summed E-state index contributed by atoms with van der Waals surface area (Å²) in [6, 6.07) is -0.945. The van der Waals surface area contributed by atoms with E-state index in [1.807, 2.05) is 6.92 Å². The summed E-state index contributed by atoms with van der Waals surface area (Å²) in [5, 5.41) is 11.6. The van der Waals surface area contributed by atoms with Crippen molar-refractivity contribution in [2.24, 2.45) is 11.8 Å². The van der Waals surface area contributed by atoms with Crippen LogP contribution in [0.4, 0.5) is 8.78 Å². The lowest BCUT2D eigenvalue weighted by Crippen LogP contribution is -2.48. The van der Waals surface area contributed by atoms with Gasteiger partial charge in [-0.15, -0.1) is 0 Å². The van der Waals surface area contributed by atoms with Crippen LogP contribution in [-0.2, 0) is 9.59 Å². The van der Waals surface area contributed by atoms with E-state index in [4.69, 9.17) is 5.11 Å². The Hall–Kier alpha value is -1.20. The summed E-state index contributed by atoms with van der Waals surface area (Å²) in [5.41, 5.74) is 0. The zero-order chi connectivity index (χ0) is 14.6. The van der Waals surface area contributed by atoms with E-state index in [0.717, 1.165) is 0 Å². The van der Waals surface area contributed by atoms with Crippen molar-refractivity contribution in [2.75, 3.05) is 0 Å². The van der Waals surface area contributed by atoms with E-state index in [0.29, 0.717) is 6.42 Å². The molecule has 2 atom stereocenters. The van der Waals surface area contributed by atoms with Crippen LogP contribution in [-0.4, -0.2) is 28.9 Å². The van der Waals surface area contributed by atoms with Crippen molar-refractivity contribution in [3.05, 3.63) is 0 Å². The first-order chi connectivity index (χ1) is 8.76. The molecular weight excluding hydrogens is 256 g/mol. The summed E-state index contributed by atoms with van der Waals surface area (Å²) in [6.45, 7) is 3.59. The summed E-state index contributed by atoms with van der Waals surface area (Å²) < 4.78 is 26.0. The molecule has 0 heterocycles. The maximum atomic E-state index is 13.0. The Morgan fingerprint density at radius 3 is 2.32 bits per heavy atom. The lowest BCUT2D eigenvalue weighted by molar-refractivity contribution is -0.145. The molecule has 1 fully saturated rings. The minimum absolute atomic E-state index is 0.117. The quantitative estimate of drug-likeness (QED) is 0.811. The summed E-state index contributed by atoms with van der Waals surface area (Å²) in [5.74, 6) is -4.86. The minimum atomic E-state index is -2.68. The van der Waals surface area contributed by atoms with Gasteiger partial charge in [0.2, 0.25) is 11.8 Å². The Morgan fingerprint density at radius 1 is 1.37 bits per heavy atom. The van der Waals surface area contributed by atoms with Crippen LogP contribution in [0.3, 0.4) is 0 Å². The molecule has 0 unspecified atom stereocenters. The summed E-state index contributed by atoms with van der Waals surface area (Å²) in [4.78, 5) is 23.0. The van der Waals surface area contributed by atoms with Crippen molar-refractivity contribution in [3.63, 3.8) is 0 Å². The number of alkyl halides is 2. The third kappa shape index (κ3) is 4.44. The number of carbonyl (C=O) groups excluding carboxylic acids is 1. The third-order valence-electron chi connectivity index (χ3n) is 3.86. The van der Waals surface area contributed by atoms with Gasteiger partial charge in [0.25, 0.3) is 0 Å². The number of rotatable bonds is 5. The fraction of sp³-hybridized carbons (Fsp3) is 0.846. The molecular formula is C13H21F2NO3. The largest absolute Gasteiger partial charge is 0.480 e. The van der Waals surface area contributed by atoms with E-state index in [9.17, 15) is 18.4 Å². The topological polar surface area (TPSA) is 66.4 Å². The van der Waals surface area contributed by atoms with E-state index < -0.39 is 29.8 Å². The first-order valence-corrected chi connectivity index (χ1v) is 6.68. The van der Waals surface area contributed by atoms with Crippen molar-refractivity contribution >= 4 is 11.9 Å². The van der Waals surface area contributed by atoms with Gasteiger partial charge in [0, 0.05) is 18.8 Å². The van der Waals surface area contributed by atoms with Crippen LogP contribution in [0.1, 0.15) is 46.0 Å². The van der Waals surface area contributed by atoms with Crippen molar-refractivity contribution in [1.29, 1.82) is 0 Å². The standard InChI is InChI=1S/C13H21F2NO3/c1-3-8(2)10(12(18)19)16-11(17)9-4-6-13(14,15)7-5-9/h8-10H,3-7H2,1-2H3,(H,16,17)(H,18,19)/t8-,10-/m0/s1. The Bertz CT molecular complexity index is 337. The number of aliphatic carboxylic acids is 1. The monoisotopic (exact) mass is 277 g/mol. The average molecular weight is 277 g/mol. The fourth-order valence-corrected chi connectivity index (χ4v) is 2.26. The summed E-state index contributed by atoms with van der Waals surface area (Å²) in [7, 11) is 0. The molecule has 0 bridgehead atoms. The van der Waals surface area contributed by atoms with Gasteiger partial charge in [-0.3, -0.25) is 4.79 Å². The van der Waals surface area contributed by atoms with E-state index in [2.05, 4.69) is 5.32 Å². The Morgan fingerprint density at radius 2 is 1.89 bits per heavy atom. The van der Waals surface area contributed by atoms with Gasteiger partial charge in [-0.25, -0.2) is 13.6 Å². The first-order valence-electron chi connectivity index (χ1n) is 6.68. The van der Waals surface area contributed by atoms with Crippen LogP contribution >= 0.6 is 0 Å². The fourth-order valence-electron chi connectivity index (χ4n) is 2.26. The van der Waals surface area contributed by atoms with Gasteiger partial charge < -0.3 is 10.4 Å². The Kier molecular flexibility index (Phi) is 5.26. The van der Waals surface area contributed by atoms with Gasteiger partial charge in [-0.1, -0.05) is 20.3 Å². The Balaban J connectivity index is 2.56. The van der Waals surface area contributed by atoms with Crippen molar-refractivity contribution < 1.29 is 23.5 Å². The highest BCUT2D eigenvalue weighted by atomic mass is 19.3. The van der Waals surface area contributed by atoms with Crippen LogP contribution in [0.2, 0.25) is 0 Å². The zero-order valence-corrected chi connectivity index (χ0v) is 11.3. The zero-order valence-electron chi connectivity index (χ0n) is 11.3. The number of hydrogen-bond donors (Lipinski definition) is 2. The molecule has 0 aromatic carbocycles. The molecule has 1 aliphatic rings. The van der Waals surface area contributed by atoms with Gasteiger partial charge in [0.05, 0.1) is 0 Å². The molecule has 0 aromatic rings. The van der Waals surface area contributed by atoms with E-state index >= 15 is 0 Å². The second-order valence-corrected chi connectivity index (χ2v) is 5.34. The lowest BCUT2D eigenvalue weighted by Gasteiger charge is -2.29. The highest BCUT2D eigenvalue weighted by Crippen LogP contribution is 2.36. The smallest absolute Gasteiger partial charge is 0.326 e. The number of carboxylic acid groups (broad SMARTS) is 1. The first kappa shape index (κ1) is 15.9. The lowest BCUT2D eigenvalue weighted by atomic mass is 9.85. The molecule has 0 radical (unpaired) electrons. The van der Waals surface area contributed by atoms with Gasteiger partial charge in [-0.05, 0) is 18.8 Å². The predicted molar refractivity (Wildman–Crippen MR) is 65.9 cm³/mol. The second-order valence-electron chi connectivity index (χ2n) is 5.34. The van der Waals surface area contributed by atoms with Gasteiger partial charge in [0.1, 0.15) is 6.04 Å². The van der Waals surface area contributed by atoms with E-state index in [-0.39, 0.29) is 31.6 Å². The van der Waals surface area contributed by atoms with Gasteiger partial charge >= 0.3 is 5.97 Å². The molecule has 1 rings (SSSR count). The molecule has 0 aromatic heterocycles.